The zero-order valence-corrected chi connectivity index (χ0v) is 15.2. The van der Waals surface area contributed by atoms with Gasteiger partial charge in [0.15, 0.2) is 5.82 Å². The van der Waals surface area contributed by atoms with Crippen LogP contribution in [0.3, 0.4) is 0 Å². The van der Waals surface area contributed by atoms with E-state index in [0.29, 0.717) is 12.4 Å². The molecular weight excluding hydrogens is 328 g/mol. The Morgan fingerprint density at radius 2 is 2.12 bits per heavy atom. The van der Waals surface area contributed by atoms with Gasteiger partial charge in [-0.15, -0.1) is 0 Å². The first kappa shape index (κ1) is 17.6. The quantitative estimate of drug-likeness (QED) is 0.692. The minimum Gasteiger partial charge on any atom is -0.338 e. The lowest BCUT2D eigenvalue weighted by atomic mass is 10.1. The summed E-state index contributed by atoms with van der Waals surface area (Å²) in [6.45, 7) is 4.49. The number of hydrogen-bond donors (Lipinski definition) is 2. The summed E-state index contributed by atoms with van der Waals surface area (Å²) in [6.07, 6.45) is 6.17. The van der Waals surface area contributed by atoms with Crippen LogP contribution in [0.2, 0.25) is 0 Å². The lowest BCUT2D eigenvalue weighted by Gasteiger charge is -2.10. The number of rotatable bonds is 5. The summed E-state index contributed by atoms with van der Waals surface area (Å²) in [4.78, 5) is 25.0. The summed E-state index contributed by atoms with van der Waals surface area (Å²) < 4.78 is 1.95. The number of nitrogens with zero attached hydrogens (tertiary/aromatic N) is 4. The van der Waals surface area contributed by atoms with Gasteiger partial charge in [0.05, 0.1) is 17.6 Å². The third-order valence-corrected chi connectivity index (χ3v) is 4.04. The van der Waals surface area contributed by atoms with Gasteiger partial charge in [-0.3, -0.25) is 19.7 Å². The van der Waals surface area contributed by atoms with Crippen LogP contribution in [-0.2, 0) is 0 Å². The van der Waals surface area contributed by atoms with E-state index in [1.165, 1.54) is 0 Å². The number of hydrogen-bond acceptors (Lipinski definition) is 4. The maximum Gasteiger partial charge on any atom is 0.320 e. The monoisotopic (exact) mass is 350 g/mol. The number of carbonyl (C=O) groups excluding carboxylic acids is 1. The Hall–Kier alpha value is -3.22. The fourth-order valence-corrected chi connectivity index (χ4v) is 2.84. The molecule has 3 aromatic heterocycles. The second-order valence-corrected chi connectivity index (χ2v) is 5.73. The van der Waals surface area contributed by atoms with Crippen molar-refractivity contribution < 1.29 is 4.79 Å². The molecule has 26 heavy (non-hydrogen) atoms. The Morgan fingerprint density at radius 3 is 2.77 bits per heavy atom. The number of urea groups is 1. The summed E-state index contributed by atoms with van der Waals surface area (Å²) in [5, 5.41) is 5.46. The summed E-state index contributed by atoms with van der Waals surface area (Å²) in [6, 6.07) is 7.69. The van der Waals surface area contributed by atoms with Crippen LogP contribution in [0.1, 0.15) is 26.0 Å². The number of pyridine rings is 2. The van der Waals surface area contributed by atoms with Crippen LogP contribution in [0.5, 0.6) is 0 Å². The Balaban J connectivity index is 2.13. The highest BCUT2D eigenvalue weighted by Gasteiger charge is 2.13. The predicted molar refractivity (Wildman–Crippen MR) is 104 cm³/mol. The molecule has 0 spiro atoms. The van der Waals surface area contributed by atoms with E-state index in [9.17, 15) is 4.79 Å². The number of fused-ring (bicyclic) bond motifs is 1. The molecule has 0 saturated carbocycles. The molecule has 7 nitrogen and oxygen atoms in total. The number of nitrogens with one attached hydrogen (secondary N) is 2. The van der Waals surface area contributed by atoms with E-state index in [0.717, 1.165) is 34.6 Å². The van der Waals surface area contributed by atoms with Crippen LogP contribution in [-0.4, -0.2) is 39.7 Å². The first-order chi connectivity index (χ1) is 12.7. The van der Waals surface area contributed by atoms with Crippen LogP contribution in [0, 0.1) is 0 Å². The van der Waals surface area contributed by atoms with Crippen molar-refractivity contribution in [1.29, 1.82) is 0 Å². The van der Waals surface area contributed by atoms with Gasteiger partial charge in [-0.1, -0.05) is 13.0 Å². The maximum atomic E-state index is 11.8. The number of anilines is 1. The molecule has 3 aromatic rings. The van der Waals surface area contributed by atoms with Crippen LogP contribution in [0.15, 0.2) is 47.8 Å². The molecule has 0 aromatic carbocycles. The van der Waals surface area contributed by atoms with Crippen LogP contribution in [0.25, 0.3) is 16.8 Å². The fraction of sp³-hybridized carbons (Fsp3) is 0.263. The van der Waals surface area contributed by atoms with Crippen molar-refractivity contribution in [2.45, 2.75) is 20.3 Å². The van der Waals surface area contributed by atoms with Crippen molar-refractivity contribution in [2.75, 3.05) is 18.9 Å². The van der Waals surface area contributed by atoms with Crippen LogP contribution in [0.4, 0.5) is 10.6 Å². The molecule has 0 bridgehead atoms. The van der Waals surface area contributed by atoms with E-state index >= 15 is 0 Å². The number of amides is 2. The Morgan fingerprint density at radius 1 is 1.27 bits per heavy atom. The molecule has 0 aliphatic carbocycles. The van der Waals surface area contributed by atoms with Gasteiger partial charge >= 0.3 is 6.03 Å². The standard InChI is InChI=1S/C19H22N6O/c1-4-15(20-3)16-9-14(13-7-6-8-21-11-13)10-18-23-17(12-25(16)18)24-19(26)22-5-2/h6-12H,4-5H2,1-3H3,(H2,22,24,26)/b20-15+. The largest absolute Gasteiger partial charge is 0.338 e. The van der Waals surface area contributed by atoms with Crippen LogP contribution >= 0.6 is 0 Å². The van der Waals surface area contributed by atoms with Gasteiger partial charge in [0, 0.05) is 31.5 Å². The lowest BCUT2D eigenvalue weighted by molar-refractivity contribution is 0.252. The molecule has 3 heterocycles. The Bertz CT molecular complexity index is 945. The minimum atomic E-state index is -0.273. The van der Waals surface area contributed by atoms with Crippen molar-refractivity contribution in [1.82, 2.24) is 19.7 Å². The Kier molecular flexibility index (Phi) is 5.26. The van der Waals surface area contributed by atoms with Crippen molar-refractivity contribution in [3.8, 4) is 11.1 Å². The average molecular weight is 350 g/mol. The van der Waals surface area contributed by atoms with Crippen molar-refractivity contribution >= 4 is 23.2 Å². The molecule has 134 valence electrons. The number of aromatic nitrogens is 3. The van der Waals surface area contributed by atoms with Gasteiger partial charge < -0.3 is 5.32 Å². The molecule has 0 saturated heterocycles. The van der Waals surface area contributed by atoms with Crippen LogP contribution < -0.4 is 10.6 Å². The summed E-state index contributed by atoms with van der Waals surface area (Å²) in [5.74, 6) is 0.493. The maximum absolute atomic E-state index is 11.8. The van der Waals surface area contributed by atoms with Crippen molar-refractivity contribution in [3.63, 3.8) is 0 Å². The van der Waals surface area contributed by atoms with Gasteiger partial charge in [-0.2, -0.15) is 0 Å². The molecule has 2 amide bonds. The SMILES string of the molecule is CCNC(=O)Nc1cn2c(/C(CC)=N/C)cc(-c3cccnc3)cc2n1. The van der Waals surface area contributed by atoms with E-state index < -0.39 is 0 Å². The number of carbonyl (C=O) groups is 1. The molecule has 2 N–H and O–H groups in total. The highest BCUT2D eigenvalue weighted by Crippen LogP contribution is 2.24. The molecular formula is C19H22N6O. The molecule has 0 aliphatic heterocycles. The van der Waals surface area contributed by atoms with E-state index in [-0.39, 0.29) is 6.03 Å². The highest BCUT2D eigenvalue weighted by atomic mass is 16.2. The van der Waals surface area contributed by atoms with Crippen molar-refractivity contribution in [2.24, 2.45) is 4.99 Å². The molecule has 0 fully saturated rings. The summed E-state index contributed by atoms with van der Waals surface area (Å²) in [7, 11) is 1.78. The molecule has 0 aliphatic rings. The molecule has 0 atom stereocenters. The van der Waals surface area contributed by atoms with Gasteiger partial charge in [0.25, 0.3) is 0 Å². The van der Waals surface area contributed by atoms with E-state index in [1.54, 1.807) is 13.2 Å². The zero-order valence-electron chi connectivity index (χ0n) is 15.2. The number of imidazole rings is 1. The first-order valence-electron chi connectivity index (χ1n) is 8.60. The Labute approximate surface area is 152 Å². The topological polar surface area (TPSA) is 83.7 Å². The molecule has 0 unspecified atom stereocenters. The lowest BCUT2D eigenvalue weighted by Crippen LogP contribution is -2.28. The smallest absolute Gasteiger partial charge is 0.320 e. The normalized spacial score (nSPS) is 11.6. The van der Waals surface area contributed by atoms with E-state index in [4.69, 9.17) is 0 Å². The third kappa shape index (κ3) is 3.56. The van der Waals surface area contributed by atoms with Gasteiger partial charge in [0.1, 0.15) is 5.65 Å². The third-order valence-electron chi connectivity index (χ3n) is 4.04. The van der Waals surface area contributed by atoms with E-state index in [2.05, 4.69) is 38.6 Å². The van der Waals surface area contributed by atoms with Gasteiger partial charge in [-0.25, -0.2) is 9.78 Å². The minimum absolute atomic E-state index is 0.273. The fourth-order valence-electron chi connectivity index (χ4n) is 2.84. The first-order valence-corrected chi connectivity index (χ1v) is 8.60. The molecule has 7 heteroatoms. The molecule has 0 radical (unpaired) electrons. The van der Waals surface area contributed by atoms with Gasteiger partial charge in [-0.05, 0) is 37.1 Å². The summed E-state index contributed by atoms with van der Waals surface area (Å²) >= 11 is 0. The highest BCUT2D eigenvalue weighted by molar-refractivity contribution is 6.01. The summed E-state index contributed by atoms with van der Waals surface area (Å²) in [5.41, 5.74) is 4.66. The predicted octanol–water partition coefficient (Wildman–Crippen LogP) is 3.37. The van der Waals surface area contributed by atoms with Gasteiger partial charge in [0.2, 0.25) is 0 Å². The van der Waals surface area contributed by atoms with Crippen molar-refractivity contribution in [3.05, 3.63) is 48.5 Å². The average Bonchev–Trinajstić information content (AvgIpc) is 3.05. The zero-order chi connectivity index (χ0) is 18.5. The molecule has 3 rings (SSSR count). The second-order valence-electron chi connectivity index (χ2n) is 5.73. The second kappa shape index (κ2) is 7.77. The van der Waals surface area contributed by atoms with E-state index in [1.807, 2.05) is 41.9 Å². The number of aliphatic imine (C=N–C) groups is 1.